The molecule has 2 aromatic rings. The van der Waals surface area contributed by atoms with Gasteiger partial charge in [0.15, 0.2) is 0 Å². The molecular formula is C18H21NO2. The van der Waals surface area contributed by atoms with Crippen molar-refractivity contribution in [3.05, 3.63) is 65.2 Å². The Balaban J connectivity index is 1.93. The van der Waals surface area contributed by atoms with Gasteiger partial charge in [0, 0.05) is 12.1 Å². The molecule has 0 saturated heterocycles. The van der Waals surface area contributed by atoms with Gasteiger partial charge in [0.25, 0.3) is 5.91 Å². The molecule has 1 amide bonds. The molecule has 0 atom stereocenters. The van der Waals surface area contributed by atoms with Crippen LogP contribution in [0.4, 0.5) is 0 Å². The molecule has 0 bridgehead atoms. The Hall–Kier alpha value is -2.29. The van der Waals surface area contributed by atoms with Crippen LogP contribution in [0.1, 0.15) is 34.8 Å². The molecule has 3 nitrogen and oxygen atoms in total. The zero-order valence-corrected chi connectivity index (χ0v) is 12.6. The summed E-state index contributed by atoms with van der Waals surface area (Å²) >= 11 is 0. The van der Waals surface area contributed by atoms with Gasteiger partial charge in [0.1, 0.15) is 5.75 Å². The molecule has 0 heterocycles. The van der Waals surface area contributed by atoms with Crippen LogP contribution in [0.25, 0.3) is 0 Å². The first-order valence-electron chi connectivity index (χ1n) is 7.26. The lowest BCUT2D eigenvalue weighted by Gasteiger charge is -2.09. The average Bonchev–Trinajstić information content (AvgIpc) is 2.52. The predicted octanol–water partition coefficient (Wildman–Crippen LogP) is 3.71. The maximum atomic E-state index is 12.1. The third-order valence-electron chi connectivity index (χ3n) is 3.29. The van der Waals surface area contributed by atoms with E-state index in [0.29, 0.717) is 18.7 Å². The molecule has 0 radical (unpaired) electrons. The van der Waals surface area contributed by atoms with Crippen molar-refractivity contribution >= 4 is 5.91 Å². The number of carbonyl (C=O) groups excluding carboxylic acids is 1. The van der Waals surface area contributed by atoms with Crippen molar-refractivity contribution in [1.29, 1.82) is 0 Å². The number of amides is 1. The van der Waals surface area contributed by atoms with Crippen LogP contribution in [0.5, 0.6) is 5.75 Å². The highest BCUT2D eigenvalue weighted by atomic mass is 16.5. The summed E-state index contributed by atoms with van der Waals surface area (Å²) in [6, 6.07) is 15.3. The van der Waals surface area contributed by atoms with Crippen molar-refractivity contribution < 1.29 is 9.53 Å². The number of carbonyl (C=O) groups is 1. The number of aryl methyl sites for hydroxylation is 1. The van der Waals surface area contributed by atoms with E-state index in [1.807, 2.05) is 43.3 Å². The van der Waals surface area contributed by atoms with Crippen LogP contribution >= 0.6 is 0 Å². The molecule has 110 valence electrons. The van der Waals surface area contributed by atoms with Gasteiger partial charge in [-0.2, -0.15) is 0 Å². The largest absolute Gasteiger partial charge is 0.494 e. The Morgan fingerprint density at radius 2 is 1.81 bits per heavy atom. The highest BCUT2D eigenvalue weighted by Crippen LogP contribution is 2.13. The first-order valence-corrected chi connectivity index (χ1v) is 7.26. The van der Waals surface area contributed by atoms with Crippen molar-refractivity contribution in [2.24, 2.45) is 0 Å². The van der Waals surface area contributed by atoms with Crippen LogP contribution in [0.15, 0.2) is 48.5 Å². The second-order valence-corrected chi connectivity index (χ2v) is 4.98. The fourth-order valence-corrected chi connectivity index (χ4v) is 2.01. The summed E-state index contributed by atoms with van der Waals surface area (Å²) in [5.74, 6) is 0.729. The van der Waals surface area contributed by atoms with Crippen LogP contribution in [0, 0.1) is 6.92 Å². The van der Waals surface area contributed by atoms with Crippen molar-refractivity contribution in [2.75, 3.05) is 6.61 Å². The molecular weight excluding hydrogens is 262 g/mol. The number of hydrogen-bond acceptors (Lipinski definition) is 2. The molecule has 2 aromatic carbocycles. The van der Waals surface area contributed by atoms with E-state index in [4.69, 9.17) is 4.74 Å². The minimum Gasteiger partial charge on any atom is -0.494 e. The summed E-state index contributed by atoms with van der Waals surface area (Å²) in [5, 5.41) is 2.94. The number of rotatable bonds is 6. The molecule has 0 aliphatic rings. The summed E-state index contributed by atoms with van der Waals surface area (Å²) in [5.41, 5.74) is 2.96. The molecule has 1 N–H and O–H groups in total. The molecule has 2 rings (SSSR count). The lowest BCUT2D eigenvalue weighted by molar-refractivity contribution is 0.0951. The Labute approximate surface area is 126 Å². The fraction of sp³-hybridized carbons (Fsp3) is 0.278. The lowest BCUT2D eigenvalue weighted by Crippen LogP contribution is -2.23. The first-order chi connectivity index (χ1) is 10.2. The topological polar surface area (TPSA) is 38.3 Å². The van der Waals surface area contributed by atoms with Crippen LogP contribution in [-0.2, 0) is 6.54 Å². The number of benzene rings is 2. The van der Waals surface area contributed by atoms with Crippen LogP contribution < -0.4 is 10.1 Å². The molecule has 0 unspecified atom stereocenters. The second kappa shape index (κ2) is 7.48. The van der Waals surface area contributed by atoms with Gasteiger partial charge in [-0.15, -0.1) is 0 Å². The summed E-state index contributed by atoms with van der Waals surface area (Å²) < 4.78 is 5.50. The SMILES string of the molecule is CCCOc1ccc(C(=O)NCc2ccccc2C)cc1. The highest BCUT2D eigenvalue weighted by Gasteiger charge is 2.06. The molecule has 0 spiro atoms. The highest BCUT2D eigenvalue weighted by molar-refractivity contribution is 5.94. The average molecular weight is 283 g/mol. The third-order valence-corrected chi connectivity index (χ3v) is 3.29. The standard InChI is InChI=1S/C18H21NO2/c1-3-12-21-17-10-8-15(9-11-17)18(20)19-13-16-7-5-4-6-14(16)2/h4-11H,3,12-13H2,1-2H3,(H,19,20). The minimum absolute atomic E-state index is 0.0692. The number of ether oxygens (including phenoxy) is 1. The van der Waals surface area contributed by atoms with Gasteiger partial charge in [-0.1, -0.05) is 31.2 Å². The Bertz CT molecular complexity index is 590. The summed E-state index contributed by atoms with van der Waals surface area (Å²) in [6.45, 7) is 5.34. The van der Waals surface area contributed by atoms with E-state index in [1.165, 1.54) is 5.56 Å². The third kappa shape index (κ3) is 4.35. The molecule has 0 fully saturated rings. The smallest absolute Gasteiger partial charge is 0.251 e. The van der Waals surface area contributed by atoms with Crippen LogP contribution in [0.3, 0.4) is 0 Å². The van der Waals surface area contributed by atoms with Crippen molar-refractivity contribution in [3.8, 4) is 5.75 Å². The summed E-state index contributed by atoms with van der Waals surface area (Å²) in [7, 11) is 0. The van der Waals surface area contributed by atoms with Crippen molar-refractivity contribution in [1.82, 2.24) is 5.32 Å². The van der Waals surface area contributed by atoms with E-state index in [-0.39, 0.29) is 5.91 Å². The van der Waals surface area contributed by atoms with E-state index in [1.54, 1.807) is 12.1 Å². The van der Waals surface area contributed by atoms with E-state index in [0.717, 1.165) is 17.7 Å². The zero-order chi connectivity index (χ0) is 15.1. The summed E-state index contributed by atoms with van der Waals surface area (Å²) in [6.07, 6.45) is 0.971. The second-order valence-electron chi connectivity index (χ2n) is 4.98. The van der Waals surface area contributed by atoms with Gasteiger partial charge >= 0.3 is 0 Å². The molecule has 0 aliphatic heterocycles. The Kier molecular flexibility index (Phi) is 5.38. The normalized spacial score (nSPS) is 10.2. The van der Waals surface area contributed by atoms with E-state index < -0.39 is 0 Å². The van der Waals surface area contributed by atoms with E-state index >= 15 is 0 Å². The summed E-state index contributed by atoms with van der Waals surface area (Å²) in [4.78, 5) is 12.1. The van der Waals surface area contributed by atoms with Gasteiger partial charge in [-0.3, -0.25) is 4.79 Å². The molecule has 21 heavy (non-hydrogen) atoms. The fourth-order valence-electron chi connectivity index (χ4n) is 2.01. The minimum atomic E-state index is -0.0692. The van der Waals surface area contributed by atoms with E-state index in [2.05, 4.69) is 12.2 Å². The van der Waals surface area contributed by atoms with Gasteiger partial charge in [-0.25, -0.2) is 0 Å². The Morgan fingerprint density at radius 1 is 1.10 bits per heavy atom. The lowest BCUT2D eigenvalue weighted by atomic mass is 10.1. The molecule has 3 heteroatoms. The maximum absolute atomic E-state index is 12.1. The van der Waals surface area contributed by atoms with Gasteiger partial charge in [-0.05, 0) is 48.7 Å². The maximum Gasteiger partial charge on any atom is 0.251 e. The molecule has 0 aromatic heterocycles. The van der Waals surface area contributed by atoms with Crippen molar-refractivity contribution in [2.45, 2.75) is 26.8 Å². The van der Waals surface area contributed by atoms with Gasteiger partial charge in [0.05, 0.1) is 6.61 Å². The van der Waals surface area contributed by atoms with Gasteiger partial charge < -0.3 is 10.1 Å². The number of nitrogens with one attached hydrogen (secondary N) is 1. The predicted molar refractivity (Wildman–Crippen MR) is 84.6 cm³/mol. The first kappa shape index (κ1) is 15.1. The van der Waals surface area contributed by atoms with Crippen LogP contribution in [-0.4, -0.2) is 12.5 Å². The zero-order valence-electron chi connectivity index (χ0n) is 12.6. The van der Waals surface area contributed by atoms with Gasteiger partial charge in [0.2, 0.25) is 0 Å². The monoisotopic (exact) mass is 283 g/mol. The van der Waals surface area contributed by atoms with Crippen LogP contribution in [0.2, 0.25) is 0 Å². The number of hydrogen-bond donors (Lipinski definition) is 1. The van der Waals surface area contributed by atoms with E-state index in [9.17, 15) is 4.79 Å². The van der Waals surface area contributed by atoms with Crippen molar-refractivity contribution in [3.63, 3.8) is 0 Å². The molecule has 0 saturated carbocycles. The quantitative estimate of drug-likeness (QED) is 0.877. The molecule has 0 aliphatic carbocycles. The Morgan fingerprint density at radius 3 is 2.48 bits per heavy atom.